The number of fused-ring (bicyclic) bond motifs is 2. The standard InChI is InChI=1S/C21H20N2O4S/c24-20(18-13-26-16-8-2-3-9-17(16)27-18)23(12-14-6-5-11-25-14)21-22-15-7-1-4-10-19(15)28-21/h1-4,7-10,14,18H,5-6,11-13H2. The van der Waals surface area contributed by atoms with E-state index in [1.807, 2.05) is 48.5 Å². The number of hydrogen-bond donors (Lipinski definition) is 0. The molecule has 3 aromatic rings. The normalized spacial score (nSPS) is 21.0. The predicted octanol–water partition coefficient (Wildman–Crippen LogP) is 3.65. The first-order chi connectivity index (χ1) is 13.8. The number of carbonyl (C=O) groups is 1. The largest absolute Gasteiger partial charge is 0.485 e. The topological polar surface area (TPSA) is 60.9 Å². The Labute approximate surface area is 166 Å². The van der Waals surface area contributed by atoms with Crippen LogP contribution >= 0.6 is 11.3 Å². The van der Waals surface area contributed by atoms with Crippen LogP contribution in [0, 0.1) is 0 Å². The molecule has 0 N–H and O–H groups in total. The van der Waals surface area contributed by atoms with E-state index in [0.29, 0.717) is 23.2 Å². The van der Waals surface area contributed by atoms with Gasteiger partial charge in [0.2, 0.25) is 6.10 Å². The van der Waals surface area contributed by atoms with Gasteiger partial charge in [0.1, 0.15) is 6.61 Å². The molecule has 0 saturated carbocycles. The first-order valence-electron chi connectivity index (χ1n) is 9.45. The summed E-state index contributed by atoms with van der Waals surface area (Å²) in [5.41, 5.74) is 0.888. The van der Waals surface area contributed by atoms with Crippen LogP contribution in [0.5, 0.6) is 11.5 Å². The molecule has 0 spiro atoms. The lowest BCUT2D eigenvalue weighted by molar-refractivity contribution is -0.128. The highest BCUT2D eigenvalue weighted by atomic mass is 32.1. The number of amides is 1. The van der Waals surface area contributed by atoms with E-state index >= 15 is 0 Å². The minimum absolute atomic E-state index is 0.0211. The average molecular weight is 396 g/mol. The minimum Gasteiger partial charge on any atom is -0.485 e. The van der Waals surface area contributed by atoms with Crippen LogP contribution in [0.25, 0.3) is 10.2 Å². The summed E-state index contributed by atoms with van der Waals surface area (Å²) >= 11 is 1.51. The highest BCUT2D eigenvalue weighted by Gasteiger charge is 2.35. The molecule has 7 heteroatoms. The first-order valence-corrected chi connectivity index (χ1v) is 10.3. The van der Waals surface area contributed by atoms with Crippen LogP contribution < -0.4 is 14.4 Å². The summed E-state index contributed by atoms with van der Waals surface area (Å²) in [6, 6.07) is 15.3. The SMILES string of the molecule is O=C(C1COc2ccccc2O1)N(CC1CCCO1)c1nc2ccccc2s1. The molecule has 5 rings (SSSR count). The molecule has 2 atom stereocenters. The maximum Gasteiger partial charge on any atom is 0.273 e. The van der Waals surface area contributed by atoms with Crippen molar-refractivity contribution >= 4 is 32.6 Å². The van der Waals surface area contributed by atoms with Crippen LogP contribution in [0.3, 0.4) is 0 Å². The highest BCUT2D eigenvalue weighted by Crippen LogP contribution is 2.34. The lowest BCUT2D eigenvalue weighted by Crippen LogP contribution is -2.48. The van der Waals surface area contributed by atoms with Crippen LogP contribution in [0.2, 0.25) is 0 Å². The van der Waals surface area contributed by atoms with E-state index in [1.54, 1.807) is 4.90 Å². The number of anilines is 1. The Morgan fingerprint density at radius 3 is 2.79 bits per heavy atom. The number of para-hydroxylation sites is 3. The van der Waals surface area contributed by atoms with Gasteiger partial charge in [0, 0.05) is 6.61 Å². The third-order valence-electron chi connectivity index (χ3n) is 4.97. The number of nitrogens with zero attached hydrogens (tertiary/aromatic N) is 2. The van der Waals surface area contributed by atoms with E-state index in [0.717, 1.165) is 29.7 Å². The summed E-state index contributed by atoms with van der Waals surface area (Å²) in [6.45, 7) is 1.39. The van der Waals surface area contributed by atoms with Gasteiger partial charge >= 0.3 is 0 Å². The van der Waals surface area contributed by atoms with Gasteiger partial charge in [-0.25, -0.2) is 4.98 Å². The Hall–Kier alpha value is -2.64. The zero-order valence-corrected chi connectivity index (χ0v) is 16.1. The third kappa shape index (κ3) is 3.31. The van der Waals surface area contributed by atoms with Crippen molar-refractivity contribution in [1.82, 2.24) is 4.98 Å². The Morgan fingerprint density at radius 1 is 1.14 bits per heavy atom. The number of carbonyl (C=O) groups excluding carboxylic acids is 1. The van der Waals surface area contributed by atoms with Crippen molar-refractivity contribution in [3.05, 3.63) is 48.5 Å². The van der Waals surface area contributed by atoms with E-state index in [4.69, 9.17) is 14.2 Å². The van der Waals surface area contributed by atoms with E-state index in [-0.39, 0.29) is 18.6 Å². The quantitative estimate of drug-likeness (QED) is 0.674. The molecule has 3 heterocycles. The molecule has 1 amide bonds. The molecule has 0 bridgehead atoms. The van der Waals surface area contributed by atoms with Crippen molar-refractivity contribution in [2.45, 2.75) is 25.0 Å². The second-order valence-electron chi connectivity index (χ2n) is 6.91. The highest BCUT2D eigenvalue weighted by molar-refractivity contribution is 7.22. The van der Waals surface area contributed by atoms with Gasteiger partial charge in [0.05, 0.1) is 22.9 Å². The van der Waals surface area contributed by atoms with E-state index < -0.39 is 6.10 Å². The van der Waals surface area contributed by atoms with Gasteiger partial charge in [-0.05, 0) is 37.1 Å². The summed E-state index contributed by atoms with van der Waals surface area (Å²) in [4.78, 5) is 19.8. The Balaban J connectivity index is 1.44. The molecule has 28 heavy (non-hydrogen) atoms. The van der Waals surface area contributed by atoms with Crippen LogP contribution in [0.15, 0.2) is 48.5 Å². The second kappa shape index (κ2) is 7.41. The minimum atomic E-state index is -0.705. The second-order valence-corrected chi connectivity index (χ2v) is 7.92. The van der Waals surface area contributed by atoms with Gasteiger partial charge < -0.3 is 14.2 Å². The van der Waals surface area contributed by atoms with E-state index in [9.17, 15) is 4.79 Å². The Morgan fingerprint density at radius 2 is 1.96 bits per heavy atom. The van der Waals surface area contributed by atoms with Crippen LogP contribution in [0.1, 0.15) is 12.8 Å². The van der Waals surface area contributed by atoms with Crippen LogP contribution in [0.4, 0.5) is 5.13 Å². The van der Waals surface area contributed by atoms with Crippen LogP contribution in [-0.4, -0.2) is 42.9 Å². The van der Waals surface area contributed by atoms with Crippen molar-refractivity contribution in [3.8, 4) is 11.5 Å². The maximum atomic E-state index is 13.4. The van der Waals surface area contributed by atoms with Gasteiger partial charge in [0.15, 0.2) is 16.6 Å². The number of thiazole rings is 1. The number of rotatable bonds is 4. The summed E-state index contributed by atoms with van der Waals surface area (Å²) < 4.78 is 18.5. The summed E-state index contributed by atoms with van der Waals surface area (Å²) in [7, 11) is 0. The predicted molar refractivity (Wildman–Crippen MR) is 107 cm³/mol. The first kappa shape index (κ1) is 17.5. The number of aromatic nitrogens is 1. The van der Waals surface area contributed by atoms with Gasteiger partial charge in [-0.1, -0.05) is 35.6 Å². The third-order valence-corrected chi connectivity index (χ3v) is 6.03. The lowest BCUT2D eigenvalue weighted by Gasteiger charge is -2.30. The molecule has 0 radical (unpaired) electrons. The molecule has 0 aliphatic carbocycles. The van der Waals surface area contributed by atoms with Crippen molar-refractivity contribution in [1.29, 1.82) is 0 Å². The molecule has 2 aliphatic rings. The molecular formula is C21H20N2O4S. The van der Waals surface area contributed by atoms with Crippen LogP contribution in [-0.2, 0) is 9.53 Å². The van der Waals surface area contributed by atoms with Gasteiger partial charge in [-0.15, -0.1) is 0 Å². The Kier molecular flexibility index (Phi) is 4.62. The molecule has 2 aliphatic heterocycles. The van der Waals surface area contributed by atoms with Crippen molar-refractivity contribution in [3.63, 3.8) is 0 Å². The van der Waals surface area contributed by atoms with E-state index in [1.165, 1.54) is 11.3 Å². The smallest absolute Gasteiger partial charge is 0.273 e. The summed E-state index contributed by atoms with van der Waals surface area (Å²) in [5.74, 6) is 1.11. The van der Waals surface area contributed by atoms with Gasteiger partial charge in [-0.2, -0.15) is 0 Å². The lowest BCUT2D eigenvalue weighted by atomic mass is 10.2. The van der Waals surface area contributed by atoms with Gasteiger partial charge in [-0.3, -0.25) is 9.69 Å². The maximum absolute atomic E-state index is 13.4. The van der Waals surface area contributed by atoms with Crippen molar-refractivity contribution in [2.75, 3.05) is 24.7 Å². The molecule has 144 valence electrons. The fourth-order valence-electron chi connectivity index (χ4n) is 3.54. The summed E-state index contributed by atoms with van der Waals surface area (Å²) in [5, 5.41) is 0.671. The van der Waals surface area contributed by atoms with Crippen molar-refractivity contribution in [2.24, 2.45) is 0 Å². The number of hydrogen-bond acceptors (Lipinski definition) is 6. The summed E-state index contributed by atoms with van der Waals surface area (Å²) in [6.07, 6.45) is 1.28. The molecule has 1 saturated heterocycles. The molecule has 1 aromatic heterocycles. The molecule has 2 unspecified atom stereocenters. The molecule has 6 nitrogen and oxygen atoms in total. The van der Waals surface area contributed by atoms with Crippen molar-refractivity contribution < 1.29 is 19.0 Å². The Bertz CT molecular complexity index is 966. The number of benzene rings is 2. The molecular weight excluding hydrogens is 376 g/mol. The average Bonchev–Trinajstić information content (AvgIpc) is 3.40. The fraction of sp³-hybridized carbons (Fsp3) is 0.333. The van der Waals surface area contributed by atoms with Gasteiger partial charge in [0.25, 0.3) is 5.91 Å². The van der Waals surface area contributed by atoms with E-state index in [2.05, 4.69) is 4.98 Å². The molecule has 1 fully saturated rings. The zero-order valence-electron chi connectivity index (χ0n) is 15.2. The fourth-order valence-corrected chi connectivity index (χ4v) is 4.53. The number of ether oxygens (including phenoxy) is 3. The molecule has 2 aromatic carbocycles. The monoisotopic (exact) mass is 396 g/mol. The zero-order chi connectivity index (χ0) is 18.9.